The number of rotatable bonds is 6. The van der Waals surface area contributed by atoms with Crippen molar-refractivity contribution in [2.45, 2.75) is 25.8 Å². The summed E-state index contributed by atoms with van der Waals surface area (Å²) in [6.45, 7) is 3.22. The van der Waals surface area contributed by atoms with Crippen LogP contribution in [0, 0.1) is 11.7 Å². The molecule has 1 heterocycles. The van der Waals surface area contributed by atoms with Crippen LogP contribution in [0.3, 0.4) is 0 Å². The van der Waals surface area contributed by atoms with Crippen LogP contribution in [0.25, 0.3) is 0 Å². The summed E-state index contributed by atoms with van der Waals surface area (Å²) >= 11 is 0. The minimum atomic E-state index is -1.03. The first-order valence-corrected chi connectivity index (χ1v) is 7.97. The van der Waals surface area contributed by atoms with E-state index in [0.29, 0.717) is 36.9 Å². The van der Waals surface area contributed by atoms with Gasteiger partial charge in [0.05, 0.1) is 7.11 Å². The number of hydrogen-bond acceptors (Lipinski definition) is 4. The molecule has 0 bridgehead atoms. The van der Waals surface area contributed by atoms with E-state index in [1.165, 1.54) is 32.2 Å². The summed E-state index contributed by atoms with van der Waals surface area (Å²) < 4.78 is 18.8. The van der Waals surface area contributed by atoms with Crippen molar-refractivity contribution >= 4 is 11.9 Å². The highest BCUT2D eigenvalue weighted by Gasteiger charge is 2.33. The number of methoxy groups -OCH3 is 1. The zero-order chi connectivity index (χ0) is 17.7. The third kappa shape index (κ3) is 4.44. The molecule has 1 aliphatic heterocycles. The van der Waals surface area contributed by atoms with Gasteiger partial charge in [-0.15, -0.1) is 0 Å². The van der Waals surface area contributed by atoms with Crippen molar-refractivity contribution in [3.63, 3.8) is 0 Å². The van der Waals surface area contributed by atoms with Gasteiger partial charge in [0.15, 0.2) is 0 Å². The molecule has 132 valence electrons. The lowest BCUT2D eigenvalue weighted by atomic mass is 9.93. The zero-order valence-electron chi connectivity index (χ0n) is 13.9. The van der Waals surface area contributed by atoms with Gasteiger partial charge in [0.2, 0.25) is 5.91 Å². The Kier molecular flexibility index (Phi) is 6.14. The molecule has 6 nitrogen and oxygen atoms in total. The molecule has 0 saturated carbocycles. The molecule has 7 heteroatoms. The number of hydrogen-bond donors (Lipinski definition) is 2. The number of benzene rings is 1. The number of halogens is 1. The average molecular weight is 338 g/mol. The third-order valence-electron chi connectivity index (χ3n) is 4.37. The highest BCUT2D eigenvalue weighted by molar-refractivity contribution is 5.76. The number of carboxylic acid groups (broad SMARTS) is 1. The lowest BCUT2D eigenvalue weighted by Crippen LogP contribution is -2.42. The summed E-state index contributed by atoms with van der Waals surface area (Å²) in [7, 11) is 1.44. The Labute approximate surface area is 140 Å². The molecule has 1 aromatic rings. The molecule has 2 N–H and O–H groups in total. The van der Waals surface area contributed by atoms with Crippen LogP contribution < -0.4 is 10.1 Å². The van der Waals surface area contributed by atoms with Crippen LogP contribution in [0.4, 0.5) is 4.39 Å². The molecule has 0 radical (unpaired) electrons. The highest BCUT2D eigenvalue weighted by atomic mass is 19.1. The number of piperidine rings is 1. The second-order valence-corrected chi connectivity index (χ2v) is 6.04. The topological polar surface area (TPSA) is 78.9 Å². The molecule has 0 aliphatic carbocycles. The first kappa shape index (κ1) is 18.2. The van der Waals surface area contributed by atoms with Crippen LogP contribution in [0.15, 0.2) is 18.2 Å². The van der Waals surface area contributed by atoms with Gasteiger partial charge >= 0.3 is 5.97 Å². The minimum absolute atomic E-state index is 0.0645. The zero-order valence-corrected chi connectivity index (χ0v) is 13.9. The van der Waals surface area contributed by atoms with E-state index in [2.05, 4.69) is 5.32 Å². The maximum atomic E-state index is 13.6. The van der Waals surface area contributed by atoms with Crippen molar-refractivity contribution < 1.29 is 23.8 Å². The summed E-state index contributed by atoms with van der Waals surface area (Å²) in [6, 6.07) is 2.98. The van der Waals surface area contributed by atoms with E-state index in [4.69, 9.17) is 4.74 Å². The number of carbonyl (C=O) groups excluding carboxylic acids is 1. The fraction of sp³-hybridized carbons (Fsp3) is 0.529. The maximum absolute atomic E-state index is 13.6. The number of nitrogens with one attached hydrogen (secondary N) is 1. The Hall–Kier alpha value is -2.15. The monoisotopic (exact) mass is 338 g/mol. The fourth-order valence-corrected chi connectivity index (χ4v) is 3.11. The van der Waals surface area contributed by atoms with Crippen molar-refractivity contribution in [1.29, 1.82) is 0 Å². The van der Waals surface area contributed by atoms with Crippen molar-refractivity contribution in [2.75, 3.05) is 26.7 Å². The lowest BCUT2D eigenvalue weighted by Gasteiger charge is -2.36. The predicted molar refractivity (Wildman–Crippen MR) is 86.3 cm³/mol. The standard InChI is InChI=1S/C17H23FN2O4/c1-11(21)19-10-12-5-7-20(8-6-12)16(17(22)23)14-9-13(18)3-4-15(14)24-2/h3-4,9,12,16H,5-8,10H2,1-2H3,(H,19,21)(H,22,23)/t16-/m0/s1. The molecule has 0 spiro atoms. The molecular weight excluding hydrogens is 315 g/mol. The highest BCUT2D eigenvalue weighted by Crippen LogP contribution is 2.33. The van der Waals surface area contributed by atoms with E-state index in [-0.39, 0.29) is 5.91 Å². The molecule has 24 heavy (non-hydrogen) atoms. The van der Waals surface area contributed by atoms with E-state index in [1.54, 1.807) is 0 Å². The second-order valence-electron chi connectivity index (χ2n) is 6.04. The van der Waals surface area contributed by atoms with Crippen LogP contribution in [-0.4, -0.2) is 48.6 Å². The normalized spacial score (nSPS) is 17.3. The Balaban J connectivity index is 2.12. The van der Waals surface area contributed by atoms with Gasteiger partial charge in [0.1, 0.15) is 17.6 Å². The van der Waals surface area contributed by atoms with Gasteiger partial charge in [0.25, 0.3) is 0 Å². The van der Waals surface area contributed by atoms with E-state index < -0.39 is 17.8 Å². The number of nitrogens with zero attached hydrogens (tertiary/aromatic N) is 1. The maximum Gasteiger partial charge on any atom is 0.325 e. The Morgan fingerprint density at radius 2 is 2.08 bits per heavy atom. The molecule has 1 fully saturated rings. The smallest absolute Gasteiger partial charge is 0.325 e. The molecule has 0 unspecified atom stereocenters. The number of amides is 1. The number of carbonyl (C=O) groups is 2. The predicted octanol–water partition coefficient (Wildman–Crippen LogP) is 1.81. The van der Waals surface area contributed by atoms with Gasteiger partial charge in [0, 0.05) is 19.0 Å². The summed E-state index contributed by atoms with van der Waals surface area (Å²) in [5.41, 5.74) is 0.324. The first-order valence-electron chi connectivity index (χ1n) is 7.97. The summed E-state index contributed by atoms with van der Waals surface area (Å²) in [5, 5.41) is 12.5. The van der Waals surface area contributed by atoms with Crippen LogP contribution in [0.2, 0.25) is 0 Å². The summed E-state index contributed by atoms with van der Waals surface area (Å²) in [6.07, 6.45) is 1.56. The SMILES string of the molecule is COc1ccc(F)cc1[C@@H](C(=O)O)N1CCC(CNC(C)=O)CC1. The van der Waals surface area contributed by atoms with Crippen molar-refractivity contribution in [3.8, 4) is 5.75 Å². The molecule has 0 aromatic heterocycles. The molecular formula is C17H23FN2O4. The van der Waals surface area contributed by atoms with Gasteiger partial charge in [-0.25, -0.2) is 4.39 Å². The number of aliphatic carboxylic acids is 1. The van der Waals surface area contributed by atoms with E-state index in [1.807, 2.05) is 4.90 Å². The van der Waals surface area contributed by atoms with Gasteiger partial charge in [-0.3, -0.25) is 14.5 Å². The number of ether oxygens (including phenoxy) is 1. The third-order valence-corrected chi connectivity index (χ3v) is 4.37. The molecule has 1 aliphatic rings. The molecule has 1 saturated heterocycles. The summed E-state index contributed by atoms with van der Waals surface area (Å²) in [4.78, 5) is 24.6. The second kappa shape index (κ2) is 8.10. The largest absolute Gasteiger partial charge is 0.496 e. The average Bonchev–Trinajstić information content (AvgIpc) is 2.54. The molecule has 1 aromatic carbocycles. The van der Waals surface area contributed by atoms with Gasteiger partial charge in [-0.1, -0.05) is 0 Å². The van der Waals surface area contributed by atoms with Crippen LogP contribution in [-0.2, 0) is 9.59 Å². The Morgan fingerprint density at radius 3 is 2.62 bits per heavy atom. The number of carboxylic acids is 1. The van der Waals surface area contributed by atoms with Gasteiger partial charge < -0.3 is 15.2 Å². The quantitative estimate of drug-likeness (QED) is 0.827. The van der Waals surface area contributed by atoms with Crippen molar-refractivity contribution in [3.05, 3.63) is 29.6 Å². The van der Waals surface area contributed by atoms with E-state index in [9.17, 15) is 19.1 Å². The molecule has 1 amide bonds. The van der Waals surface area contributed by atoms with E-state index >= 15 is 0 Å². The van der Waals surface area contributed by atoms with Crippen LogP contribution >= 0.6 is 0 Å². The van der Waals surface area contributed by atoms with Gasteiger partial charge in [-0.2, -0.15) is 0 Å². The van der Waals surface area contributed by atoms with Gasteiger partial charge in [-0.05, 0) is 50.0 Å². The Bertz CT molecular complexity index is 600. The summed E-state index contributed by atoms with van der Waals surface area (Å²) in [5.74, 6) is -0.889. The lowest BCUT2D eigenvalue weighted by molar-refractivity contribution is -0.144. The fourth-order valence-electron chi connectivity index (χ4n) is 3.11. The van der Waals surface area contributed by atoms with Crippen molar-refractivity contribution in [1.82, 2.24) is 10.2 Å². The van der Waals surface area contributed by atoms with Crippen LogP contribution in [0.5, 0.6) is 5.75 Å². The molecule has 2 rings (SSSR count). The van der Waals surface area contributed by atoms with Crippen LogP contribution in [0.1, 0.15) is 31.4 Å². The minimum Gasteiger partial charge on any atom is -0.496 e. The van der Waals surface area contributed by atoms with E-state index in [0.717, 1.165) is 12.8 Å². The Morgan fingerprint density at radius 1 is 1.42 bits per heavy atom. The molecule has 1 atom stereocenters. The first-order chi connectivity index (χ1) is 11.4. The number of likely N-dealkylation sites (tertiary alicyclic amines) is 1. The van der Waals surface area contributed by atoms with Crippen molar-refractivity contribution in [2.24, 2.45) is 5.92 Å².